The van der Waals surface area contributed by atoms with Crippen LogP contribution < -0.4 is 0 Å². The average molecular weight is 669 g/mol. The van der Waals surface area contributed by atoms with Gasteiger partial charge in [0.1, 0.15) is 0 Å². The van der Waals surface area contributed by atoms with Gasteiger partial charge in [-0.05, 0) is 93.9 Å². The highest BCUT2D eigenvalue weighted by molar-refractivity contribution is 6.12. The molecule has 3 aromatic heterocycles. The average Bonchev–Trinajstić information content (AvgIpc) is 3.70. The van der Waals surface area contributed by atoms with Gasteiger partial charge in [0.15, 0.2) is 5.82 Å². The first-order valence-corrected chi connectivity index (χ1v) is 17.9. The zero-order valence-corrected chi connectivity index (χ0v) is 29.2. The molecule has 0 amide bonds. The van der Waals surface area contributed by atoms with E-state index in [1.165, 1.54) is 66.0 Å². The van der Waals surface area contributed by atoms with Gasteiger partial charge in [-0.15, -0.1) is 0 Å². The molecule has 0 aliphatic heterocycles. The molecule has 0 saturated heterocycles. The van der Waals surface area contributed by atoms with Crippen LogP contribution in [0.5, 0.6) is 0 Å². The Morgan fingerprint density at radius 3 is 1.92 bits per heavy atom. The minimum atomic E-state index is -0.245. The molecule has 52 heavy (non-hydrogen) atoms. The van der Waals surface area contributed by atoms with Crippen molar-refractivity contribution < 1.29 is 0 Å². The summed E-state index contributed by atoms with van der Waals surface area (Å²) in [6.45, 7) is 9.17. The van der Waals surface area contributed by atoms with Gasteiger partial charge in [0, 0.05) is 45.0 Å². The molecule has 0 spiro atoms. The van der Waals surface area contributed by atoms with Crippen molar-refractivity contribution >= 4 is 49.7 Å². The molecule has 0 radical (unpaired) electrons. The number of aromatic nitrogens is 4. The Morgan fingerprint density at radius 2 is 1.21 bits per heavy atom. The molecule has 0 fully saturated rings. The molecule has 10 rings (SSSR count). The lowest BCUT2D eigenvalue weighted by Crippen LogP contribution is -2.21. The SMILES string of the molecule is C=C1/C=C\c2ccccc2Cc2ccc(-n3c4ccccc4c4cc(-c5ccc6c(c5)c5ccccc5n6-c5cnccn5)ccc43)cc2C1(C)C. The van der Waals surface area contributed by atoms with Crippen LogP contribution >= 0.6 is 0 Å². The van der Waals surface area contributed by atoms with E-state index in [0.717, 1.165) is 34.5 Å². The maximum Gasteiger partial charge on any atom is 0.156 e. The van der Waals surface area contributed by atoms with Crippen molar-refractivity contribution in [3.63, 3.8) is 0 Å². The van der Waals surface area contributed by atoms with Crippen LogP contribution in [-0.2, 0) is 11.8 Å². The summed E-state index contributed by atoms with van der Waals surface area (Å²) in [5.74, 6) is 0.813. The number of nitrogens with zero attached hydrogens (tertiary/aromatic N) is 4. The van der Waals surface area contributed by atoms with Gasteiger partial charge in [0.25, 0.3) is 0 Å². The highest BCUT2D eigenvalue weighted by Crippen LogP contribution is 2.41. The predicted molar refractivity (Wildman–Crippen MR) is 217 cm³/mol. The zero-order valence-electron chi connectivity index (χ0n) is 29.2. The van der Waals surface area contributed by atoms with Crippen LogP contribution in [0, 0.1) is 0 Å². The number of fused-ring (bicyclic) bond motifs is 8. The summed E-state index contributed by atoms with van der Waals surface area (Å²) in [6, 6.07) is 46.8. The van der Waals surface area contributed by atoms with Crippen molar-refractivity contribution in [2.24, 2.45) is 0 Å². The third-order valence-electron chi connectivity index (χ3n) is 11.2. The van der Waals surface area contributed by atoms with E-state index in [1.807, 2.05) is 6.20 Å². The van der Waals surface area contributed by atoms with E-state index >= 15 is 0 Å². The minimum absolute atomic E-state index is 0.245. The van der Waals surface area contributed by atoms with Crippen molar-refractivity contribution in [1.82, 2.24) is 19.1 Å². The van der Waals surface area contributed by atoms with Gasteiger partial charge in [-0.25, -0.2) is 4.98 Å². The maximum absolute atomic E-state index is 4.64. The summed E-state index contributed by atoms with van der Waals surface area (Å²) in [7, 11) is 0. The molecule has 0 saturated carbocycles. The monoisotopic (exact) mass is 668 g/mol. The van der Waals surface area contributed by atoms with Crippen LogP contribution in [0.2, 0.25) is 0 Å². The van der Waals surface area contributed by atoms with Crippen LogP contribution in [0.1, 0.15) is 36.1 Å². The fourth-order valence-corrected chi connectivity index (χ4v) is 8.31. The molecule has 9 aromatic rings. The van der Waals surface area contributed by atoms with Crippen LogP contribution in [0.3, 0.4) is 0 Å². The molecule has 0 atom stereocenters. The normalized spacial score (nSPS) is 14.6. The summed E-state index contributed by atoms with van der Waals surface area (Å²) >= 11 is 0. The molecule has 0 N–H and O–H groups in total. The molecule has 1 aliphatic rings. The fourth-order valence-electron chi connectivity index (χ4n) is 8.31. The highest BCUT2D eigenvalue weighted by atomic mass is 15.1. The van der Waals surface area contributed by atoms with Crippen LogP contribution in [0.4, 0.5) is 0 Å². The molecule has 4 nitrogen and oxygen atoms in total. The molecular weight excluding hydrogens is 633 g/mol. The Balaban J connectivity index is 1.14. The largest absolute Gasteiger partial charge is 0.309 e. The summed E-state index contributed by atoms with van der Waals surface area (Å²) in [5.41, 5.74) is 14.2. The fraction of sp³-hybridized carbons (Fsp3) is 0.0833. The molecule has 0 unspecified atom stereocenters. The Morgan fingerprint density at radius 1 is 0.577 bits per heavy atom. The van der Waals surface area contributed by atoms with Gasteiger partial charge in [-0.1, -0.05) is 111 Å². The number of allylic oxidation sites excluding steroid dienone is 2. The van der Waals surface area contributed by atoms with E-state index in [-0.39, 0.29) is 5.41 Å². The Kier molecular flexibility index (Phi) is 6.71. The molecule has 1 aliphatic carbocycles. The van der Waals surface area contributed by atoms with E-state index in [1.54, 1.807) is 12.4 Å². The number of hydrogen-bond acceptors (Lipinski definition) is 2. The van der Waals surface area contributed by atoms with Gasteiger partial charge in [0.05, 0.1) is 28.3 Å². The lowest BCUT2D eigenvalue weighted by Gasteiger charge is -2.29. The molecule has 6 aromatic carbocycles. The lowest BCUT2D eigenvalue weighted by atomic mass is 9.75. The van der Waals surface area contributed by atoms with Crippen molar-refractivity contribution in [2.75, 3.05) is 0 Å². The van der Waals surface area contributed by atoms with Crippen molar-refractivity contribution in [3.05, 3.63) is 186 Å². The summed E-state index contributed by atoms with van der Waals surface area (Å²) < 4.78 is 4.63. The predicted octanol–water partition coefficient (Wildman–Crippen LogP) is 11.8. The highest BCUT2D eigenvalue weighted by Gasteiger charge is 2.28. The first kappa shape index (κ1) is 30.3. The van der Waals surface area contributed by atoms with Crippen molar-refractivity contribution in [2.45, 2.75) is 25.7 Å². The number of para-hydroxylation sites is 2. The number of benzene rings is 6. The molecule has 248 valence electrons. The minimum Gasteiger partial charge on any atom is -0.309 e. The van der Waals surface area contributed by atoms with Gasteiger partial charge >= 0.3 is 0 Å². The molecule has 3 heterocycles. The van der Waals surface area contributed by atoms with E-state index in [9.17, 15) is 0 Å². The van der Waals surface area contributed by atoms with Gasteiger partial charge < -0.3 is 4.57 Å². The van der Waals surface area contributed by atoms with E-state index < -0.39 is 0 Å². The van der Waals surface area contributed by atoms with Crippen LogP contribution in [0.15, 0.2) is 164 Å². The topological polar surface area (TPSA) is 35.6 Å². The smallest absolute Gasteiger partial charge is 0.156 e. The maximum atomic E-state index is 4.64. The van der Waals surface area contributed by atoms with E-state index in [0.29, 0.717) is 0 Å². The summed E-state index contributed by atoms with van der Waals surface area (Å²) in [6.07, 6.45) is 10.6. The zero-order chi connectivity index (χ0) is 35.0. The second-order valence-corrected chi connectivity index (χ2v) is 14.4. The van der Waals surface area contributed by atoms with Crippen molar-refractivity contribution in [3.8, 4) is 22.6 Å². The Hall–Kier alpha value is -6.52. The van der Waals surface area contributed by atoms with Crippen LogP contribution in [-0.4, -0.2) is 19.1 Å². The van der Waals surface area contributed by atoms with E-state index in [2.05, 4.69) is 179 Å². The Labute approximate surface area is 302 Å². The second kappa shape index (κ2) is 11.5. The number of hydrogen-bond donors (Lipinski definition) is 0. The first-order valence-electron chi connectivity index (χ1n) is 17.9. The first-order chi connectivity index (χ1) is 25.5. The molecule has 0 bridgehead atoms. The third kappa shape index (κ3) is 4.61. The second-order valence-electron chi connectivity index (χ2n) is 14.4. The van der Waals surface area contributed by atoms with Crippen molar-refractivity contribution in [1.29, 1.82) is 0 Å². The van der Waals surface area contributed by atoms with Gasteiger partial charge in [-0.2, -0.15) is 0 Å². The number of rotatable bonds is 3. The lowest BCUT2D eigenvalue weighted by molar-refractivity contribution is 0.635. The van der Waals surface area contributed by atoms with Gasteiger partial charge in [-0.3, -0.25) is 9.55 Å². The standard InChI is InChI=1S/C48H36N4/c1-31-16-17-32-10-4-5-11-33(32)26-36-18-21-37(29-42(36)48(31,2)3)51-43-14-8-6-12-38(43)40-27-34(19-22-45(40)51)35-20-23-46-41(28-35)39-13-7-9-15-44(39)52(46)47-30-49-24-25-50-47/h4-25,27-30H,1,26H2,2-3H3/b17-16-. The van der Waals surface area contributed by atoms with E-state index in [4.69, 9.17) is 0 Å². The molecular formula is C48H36N4. The quantitative estimate of drug-likeness (QED) is 0.188. The third-order valence-corrected chi connectivity index (χ3v) is 11.2. The summed E-state index contributed by atoms with van der Waals surface area (Å²) in [4.78, 5) is 9.00. The Bertz CT molecular complexity index is 2920. The van der Waals surface area contributed by atoms with Crippen LogP contribution in [0.25, 0.3) is 72.3 Å². The summed E-state index contributed by atoms with van der Waals surface area (Å²) in [5, 5.41) is 4.87. The molecule has 4 heteroatoms. The van der Waals surface area contributed by atoms with Gasteiger partial charge in [0.2, 0.25) is 0 Å².